The molecule has 3 N–H and O–H groups in total. The zero-order valence-electron chi connectivity index (χ0n) is 17.2. The largest absolute Gasteiger partial charge is 0.457 e. The molecule has 0 aliphatic carbocycles. The van der Waals surface area contributed by atoms with Crippen LogP contribution < -0.4 is 20.1 Å². The highest BCUT2D eigenvalue weighted by molar-refractivity contribution is 7.92. The molecule has 0 atom stereocenters. The van der Waals surface area contributed by atoms with E-state index >= 15 is 0 Å². The molecule has 3 aromatic carbocycles. The first kappa shape index (κ1) is 22.2. The molecule has 166 valence electrons. The van der Waals surface area contributed by atoms with Crippen LogP contribution in [-0.2, 0) is 10.0 Å². The molecule has 10 heteroatoms. The van der Waals surface area contributed by atoms with Crippen LogP contribution in [0.1, 0.15) is 0 Å². The Bertz CT molecular complexity index is 1320. The van der Waals surface area contributed by atoms with E-state index in [9.17, 15) is 8.42 Å². The van der Waals surface area contributed by atoms with Gasteiger partial charge in [-0.25, -0.2) is 23.1 Å². The first-order valence-corrected chi connectivity index (χ1v) is 11.7. The lowest BCUT2D eigenvalue weighted by molar-refractivity contribution is 0.483. The van der Waals surface area contributed by atoms with Gasteiger partial charge in [-0.15, -0.1) is 0 Å². The highest BCUT2D eigenvalue weighted by Gasteiger charge is 2.15. The van der Waals surface area contributed by atoms with Crippen LogP contribution >= 0.6 is 12.2 Å². The Labute approximate surface area is 196 Å². The Hall–Kier alpha value is -4.02. The number of thiocarbonyl (C=S) groups is 1. The van der Waals surface area contributed by atoms with E-state index in [0.29, 0.717) is 16.5 Å². The van der Waals surface area contributed by atoms with E-state index in [4.69, 9.17) is 17.0 Å². The van der Waals surface area contributed by atoms with Gasteiger partial charge >= 0.3 is 0 Å². The predicted octanol–water partition coefficient (Wildman–Crippen LogP) is 4.88. The number of nitrogens with one attached hydrogen (secondary N) is 3. The molecule has 0 fully saturated rings. The molecule has 0 amide bonds. The third-order valence-electron chi connectivity index (χ3n) is 4.31. The second kappa shape index (κ2) is 10.1. The number of hydrogen-bond acceptors (Lipinski definition) is 6. The SMILES string of the molecule is O=S(=O)(Nc1ncccn1)c1ccc(NC(=S)Nc2ccc(Oc3ccccc3)cc2)cc1. The Morgan fingerprint density at radius 1 is 0.727 bits per heavy atom. The lowest BCUT2D eigenvalue weighted by Gasteiger charge is -2.12. The number of nitrogens with zero attached hydrogens (tertiary/aromatic N) is 2. The Morgan fingerprint density at radius 2 is 1.27 bits per heavy atom. The van der Waals surface area contributed by atoms with Crippen molar-refractivity contribution in [2.24, 2.45) is 0 Å². The Kier molecular flexibility index (Phi) is 6.77. The summed E-state index contributed by atoms with van der Waals surface area (Å²) >= 11 is 5.35. The molecule has 0 unspecified atom stereocenters. The summed E-state index contributed by atoms with van der Waals surface area (Å²) in [6.45, 7) is 0. The maximum absolute atomic E-state index is 12.5. The van der Waals surface area contributed by atoms with E-state index in [2.05, 4.69) is 25.3 Å². The summed E-state index contributed by atoms with van der Waals surface area (Å²) in [5, 5.41) is 6.46. The standard InChI is InChI=1S/C23H19N5O3S2/c29-33(30,28-22-24-15-4-16-25-22)21-13-9-18(10-14-21)27-23(32)26-17-7-11-20(12-8-17)31-19-5-2-1-3-6-19/h1-16H,(H,24,25,28)(H2,26,27,32). The van der Waals surface area contributed by atoms with E-state index in [1.54, 1.807) is 18.2 Å². The number of anilines is 3. The van der Waals surface area contributed by atoms with Crippen molar-refractivity contribution in [1.82, 2.24) is 9.97 Å². The van der Waals surface area contributed by atoms with Gasteiger partial charge in [-0.1, -0.05) is 18.2 Å². The number of benzene rings is 3. The lowest BCUT2D eigenvalue weighted by atomic mass is 10.3. The normalized spacial score (nSPS) is 10.8. The number of para-hydroxylation sites is 1. The minimum atomic E-state index is -3.80. The molecule has 0 saturated carbocycles. The monoisotopic (exact) mass is 477 g/mol. The molecule has 0 saturated heterocycles. The summed E-state index contributed by atoms with van der Waals surface area (Å²) in [6.07, 6.45) is 2.91. The molecule has 1 aromatic heterocycles. The molecule has 0 aliphatic heterocycles. The van der Waals surface area contributed by atoms with Gasteiger partial charge < -0.3 is 15.4 Å². The average molecular weight is 478 g/mol. The summed E-state index contributed by atoms with van der Waals surface area (Å²) < 4.78 is 33.0. The van der Waals surface area contributed by atoms with Crippen molar-refractivity contribution in [2.75, 3.05) is 15.4 Å². The van der Waals surface area contributed by atoms with Crippen LogP contribution in [0.4, 0.5) is 17.3 Å². The van der Waals surface area contributed by atoms with Gasteiger partial charge in [0.1, 0.15) is 11.5 Å². The summed E-state index contributed by atoms with van der Waals surface area (Å²) in [7, 11) is -3.80. The van der Waals surface area contributed by atoms with Crippen LogP contribution in [0.5, 0.6) is 11.5 Å². The van der Waals surface area contributed by atoms with E-state index in [-0.39, 0.29) is 10.8 Å². The second-order valence-corrected chi connectivity index (χ2v) is 8.81. The fraction of sp³-hybridized carbons (Fsp3) is 0. The van der Waals surface area contributed by atoms with Crippen molar-refractivity contribution in [3.05, 3.63) is 97.3 Å². The van der Waals surface area contributed by atoms with Crippen molar-refractivity contribution in [1.29, 1.82) is 0 Å². The molecular formula is C23H19N5O3S2. The molecule has 0 bridgehead atoms. The molecule has 4 aromatic rings. The maximum Gasteiger partial charge on any atom is 0.264 e. The van der Waals surface area contributed by atoms with Gasteiger partial charge in [0.15, 0.2) is 5.11 Å². The Balaban J connectivity index is 1.33. The minimum Gasteiger partial charge on any atom is -0.457 e. The van der Waals surface area contributed by atoms with Gasteiger partial charge in [-0.05, 0) is 78.9 Å². The van der Waals surface area contributed by atoms with Gasteiger partial charge in [0.2, 0.25) is 5.95 Å². The van der Waals surface area contributed by atoms with Crippen LogP contribution in [0.15, 0.2) is 102 Å². The summed E-state index contributed by atoms with van der Waals surface area (Å²) in [5.41, 5.74) is 1.41. The van der Waals surface area contributed by atoms with Crippen molar-refractivity contribution in [3.8, 4) is 11.5 Å². The molecular weight excluding hydrogens is 458 g/mol. The van der Waals surface area contributed by atoms with Gasteiger partial charge in [0.05, 0.1) is 4.90 Å². The van der Waals surface area contributed by atoms with Crippen molar-refractivity contribution >= 4 is 44.7 Å². The molecule has 1 heterocycles. The third kappa shape index (κ3) is 6.25. The predicted molar refractivity (Wildman–Crippen MR) is 132 cm³/mol. The number of sulfonamides is 1. The zero-order valence-corrected chi connectivity index (χ0v) is 18.8. The van der Waals surface area contributed by atoms with E-state index in [1.807, 2.05) is 54.6 Å². The second-order valence-electron chi connectivity index (χ2n) is 6.72. The zero-order chi connectivity index (χ0) is 23.1. The first-order chi connectivity index (χ1) is 16.0. The quantitative estimate of drug-likeness (QED) is 0.324. The fourth-order valence-corrected chi connectivity index (χ4v) is 3.97. The summed E-state index contributed by atoms with van der Waals surface area (Å²) in [4.78, 5) is 7.81. The molecule has 0 aliphatic rings. The van der Waals surface area contributed by atoms with Crippen molar-refractivity contribution in [3.63, 3.8) is 0 Å². The number of aromatic nitrogens is 2. The number of ether oxygens (including phenoxy) is 1. The third-order valence-corrected chi connectivity index (χ3v) is 5.85. The highest BCUT2D eigenvalue weighted by atomic mass is 32.2. The first-order valence-electron chi connectivity index (χ1n) is 9.79. The van der Waals surface area contributed by atoms with Crippen LogP contribution in [0.25, 0.3) is 0 Å². The van der Waals surface area contributed by atoms with Crippen LogP contribution in [0.3, 0.4) is 0 Å². The molecule has 33 heavy (non-hydrogen) atoms. The highest BCUT2D eigenvalue weighted by Crippen LogP contribution is 2.23. The van der Waals surface area contributed by atoms with E-state index in [0.717, 1.165) is 11.4 Å². The fourth-order valence-electron chi connectivity index (χ4n) is 2.77. The number of hydrogen-bond donors (Lipinski definition) is 3. The van der Waals surface area contributed by atoms with Crippen LogP contribution in [-0.4, -0.2) is 23.5 Å². The van der Waals surface area contributed by atoms with Crippen LogP contribution in [0.2, 0.25) is 0 Å². The average Bonchev–Trinajstić information content (AvgIpc) is 2.82. The van der Waals surface area contributed by atoms with E-state index in [1.165, 1.54) is 24.5 Å². The smallest absolute Gasteiger partial charge is 0.264 e. The van der Waals surface area contributed by atoms with Gasteiger partial charge in [0, 0.05) is 23.8 Å². The summed E-state index contributed by atoms with van der Waals surface area (Å²) in [6, 6.07) is 24.6. The lowest BCUT2D eigenvalue weighted by Crippen LogP contribution is -2.19. The van der Waals surface area contributed by atoms with Gasteiger partial charge in [-0.2, -0.15) is 0 Å². The number of rotatable bonds is 7. The molecule has 0 radical (unpaired) electrons. The topological polar surface area (TPSA) is 105 Å². The van der Waals surface area contributed by atoms with Gasteiger partial charge in [-0.3, -0.25) is 0 Å². The minimum absolute atomic E-state index is 0.00488. The molecule has 4 rings (SSSR count). The molecule has 0 spiro atoms. The maximum atomic E-state index is 12.5. The van der Waals surface area contributed by atoms with Gasteiger partial charge in [0.25, 0.3) is 10.0 Å². The van der Waals surface area contributed by atoms with Crippen molar-refractivity contribution in [2.45, 2.75) is 4.90 Å². The Morgan fingerprint density at radius 3 is 1.88 bits per heavy atom. The van der Waals surface area contributed by atoms with Crippen LogP contribution in [0, 0.1) is 0 Å². The summed E-state index contributed by atoms with van der Waals surface area (Å²) in [5.74, 6) is 1.47. The van der Waals surface area contributed by atoms with E-state index < -0.39 is 10.0 Å². The molecule has 8 nitrogen and oxygen atoms in total. The van der Waals surface area contributed by atoms with Crippen molar-refractivity contribution < 1.29 is 13.2 Å².